The molecule has 0 radical (unpaired) electrons. The Balaban J connectivity index is 3.04. The number of carbonyl (C=O) groups is 2. The Kier molecular flexibility index (Phi) is 4.66. The van der Waals surface area contributed by atoms with Crippen molar-refractivity contribution in [2.45, 2.75) is 26.9 Å². The van der Waals surface area contributed by atoms with Crippen molar-refractivity contribution in [3.63, 3.8) is 0 Å². The van der Waals surface area contributed by atoms with Gasteiger partial charge in [-0.05, 0) is 0 Å². The molecule has 0 saturated heterocycles. The van der Waals surface area contributed by atoms with Crippen LogP contribution in [0, 0.1) is 5.41 Å². The van der Waals surface area contributed by atoms with Crippen molar-refractivity contribution < 1.29 is 24.6 Å². The van der Waals surface area contributed by atoms with Gasteiger partial charge in [0.25, 0.3) is 0 Å². The summed E-state index contributed by atoms with van der Waals surface area (Å²) in [5.74, 6) is -2.61. The van der Waals surface area contributed by atoms with E-state index in [1.54, 1.807) is 20.8 Å². The lowest BCUT2D eigenvalue weighted by atomic mass is 9.89. The van der Waals surface area contributed by atoms with Gasteiger partial charge in [-0.25, -0.2) is 14.6 Å². The lowest BCUT2D eigenvalue weighted by Gasteiger charge is -2.24. The van der Waals surface area contributed by atoms with Crippen molar-refractivity contribution in [2.75, 3.05) is 5.73 Å². The average molecular weight is 301 g/mol. The Morgan fingerprint density at radius 1 is 1.45 bits per heavy atom. The number of oxime groups is 1. The summed E-state index contributed by atoms with van der Waals surface area (Å²) in [5, 5.41) is 23.1. The number of carboxylic acids is 2. The van der Waals surface area contributed by atoms with Crippen LogP contribution in [0.15, 0.2) is 10.5 Å². The zero-order valence-electron chi connectivity index (χ0n) is 11.2. The van der Waals surface area contributed by atoms with Crippen molar-refractivity contribution in [3.05, 3.63) is 11.1 Å². The third-order valence-electron chi connectivity index (χ3n) is 2.23. The van der Waals surface area contributed by atoms with Gasteiger partial charge in [0.2, 0.25) is 11.8 Å². The highest BCUT2D eigenvalue weighted by atomic mass is 32.1. The summed E-state index contributed by atoms with van der Waals surface area (Å²) >= 11 is 1.05. The van der Waals surface area contributed by atoms with Gasteiger partial charge < -0.3 is 20.8 Å². The molecule has 1 unspecified atom stereocenters. The highest BCUT2D eigenvalue weighted by molar-refractivity contribution is 7.13. The number of hydrogen-bond donors (Lipinski definition) is 3. The standard InChI is InChI=1S/C11H15N3O5S/c1-11(2,3)7(9(17)18)19-14-6(8(15)16)5-4-20-10(12)13-5/h4,7H,1-3H3,(H2,12,13)(H,15,16)(H,17,18). The molecular weight excluding hydrogens is 286 g/mol. The second-order valence-electron chi connectivity index (χ2n) is 5.01. The Bertz CT molecular complexity index is 546. The van der Waals surface area contributed by atoms with Gasteiger partial charge in [-0.15, -0.1) is 11.3 Å². The lowest BCUT2D eigenvalue weighted by molar-refractivity contribution is -0.158. The number of nitrogens with zero attached hydrogens (tertiary/aromatic N) is 2. The van der Waals surface area contributed by atoms with E-state index >= 15 is 0 Å². The molecule has 0 aromatic carbocycles. The van der Waals surface area contributed by atoms with E-state index in [0.717, 1.165) is 11.3 Å². The van der Waals surface area contributed by atoms with Crippen LogP contribution in [0.3, 0.4) is 0 Å². The second-order valence-corrected chi connectivity index (χ2v) is 5.90. The number of aliphatic carboxylic acids is 2. The molecule has 4 N–H and O–H groups in total. The van der Waals surface area contributed by atoms with Crippen molar-refractivity contribution in [1.82, 2.24) is 4.98 Å². The molecule has 20 heavy (non-hydrogen) atoms. The molecule has 1 aromatic rings. The summed E-state index contributed by atoms with van der Waals surface area (Å²) in [7, 11) is 0. The molecule has 0 spiro atoms. The van der Waals surface area contributed by atoms with Crippen molar-refractivity contribution in [2.24, 2.45) is 10.6 Å². The zero-order valence-corrected chi connectivity index (χ0v) is 12.0. The minimum Gasteiger partial charge on any atom is -0.478 e. The van der Waals surface area contributed by atoms with Crippen LogP contribution in [0.5, 0.6) is 0 Å². The number of anilines is 1. The zero-order chi connectivity index (χ0) is 15.5. The fourth-order valence-corrected chi connectivity index (χ4v) is 1.82. The molecule has 1 rings (SSSR count). The number of thiazole rings is 1. The number of nitrogens with two attached hydrogens (primary N) is 1. The van der Waals surface area contributed by atoms with Gasteiger partial charge in [-0.3, -0.25) is 0 Å². The van der Waals surface area contributed by atoms with Crippen molar-refractivity contribution >= 4 is 34.1 Å². The highest BCUT2D eigenvalue weighted by Gasteiger charge is 2.34. The van der Waals surface area contributed by atoms with Crippen LogP contribution in [0.25, 0.3) is 0 Å². The first kappa shape index (κ1) is 15.9. The summed E-state index contributed by atoms with van der Waals surface area (Å²) in [5.41, 5.74) is 4.20. The van der Waals surface area contributed by atoms with E-state index in [4.69, 9.17) is 20.8 Å². The quantitative estimate of drug-likeness (QED) is 0.546. The summed E-state index contributed by atoms with van der Waals surface area (Å²) < 4.78 is 0. The first-order valence-corrected chi connectivity index (χ1v) is 6.42. The van der Waals surface area contributed by atoms with Gasteiger partial charge in [0.05, 0.1) is 0 Å². The van der Waals surface area contributed by atoms with E-state index in [2.05, 4.69) is 10.1 Å². The molecule has 0 saturated carbocycles. The van der Waals surface area contributed by atoms with Crippen LogP contribution in [0.1, 0.15) is 26.5 Å². The van der Waals surface area contributed by atoms with Crippen LogP contribution in [0.2, 0.25) is 0 Å². The molecule has 0 fully saturated rings. The topological polar surface area (TPSA) is 135 Å². The normalized spacial score (nSPS) is 13.8. The summed E-state index contributed by atoms with van der Waals surface area (Å²) in [6, 6.07) is 0. The Morgan fingerprint density at radius 3 is 2.40 bits per heavy atom. The molecule has 1 aromatic heterocycles. The van der Waals surface area contributed by atoms with Crippen LogP contribution >= 0.6 is 11.3 Å². The average Bonchev–Trinajstić information content (AvgIpc) is 2.67. The van der Waals surface area contributed by atoms with Gasteiger partial charge in [-0.2, -0.15) is 0 Å². The predicted molar refractivity (Wildman–Crippen MR) is 72.7 cm³/mol. The molecular formula is C11H15N3O5S. The smallest absolute Gasteiger partial charge is 0.360 e. The van der Waals surface area contributed by atoms with Gasteiger partial charge in [0, 0.05) is 10.8 Å². The molecule has 0 amide bonds. The molecule has 110 valence electrons. The van der Waals surface area contributed by atoms with Crippen LogP contribution in [0.4, 0.5) is 5.13 Å². The van der Waals surface area contributed by atoms with E-state index in [9.17, 15) is 9.59 Å². The van der Waals surface area contributed by atoms with Crippen LogP contribution in [-0.2, 0) is 14.4 Å². The first-order valence-electron chi connectivity index (χ1n) is 5.54. The summed E-state index contributed by atoms with van der Waals surface area (Å²) in [6.45, 7) is 4.92. The van der Waals surface area contributed by atoms with Crippen molar-refractivity contribution in [3.8, 4) is 0 Å². The minimum absolute atomic E-state index is 0.0260. The SMILES string of the molecule is CC(C)(C)C(ON=C(C(=O)O)c1csc(N)n1)C(=O)O. The number of carboxylic acid groups (broad SMARTS) is 2. The van der Waals surface area contributed by atoms with Gasteiger partial charge in [0.15, 0.2) is 5.13 Å². The Hall–Kier alpha value is -2.16. The van der Waals surface area contributed by atoms with E-state index in [1.165, 1.54) is 5.38 Å². The molecule has 1 atom stereocenters. The van der Waals surface area contributed by atoms with E-state index < -0.39 is 29.2 Å². The molecule has 9 heteroatoms. The number of rotatable bonds is 5. The maximum atomic E-state index is 11.1. The van der Waals surface area contributed by atoms with E-state index in [1.807, 2.05) is 0 Å². The fraction of sp³-hybridized carbons (Fsp3) is 0.455. The molecule has 8 nitrogen and oxygen atoms in total. The van der Waals surface area contributed by atoms with E-state index in [0.29, 0.717) is 0 Å². The van der Waals surface area contributed by atoms with Crippen molar-refractivity contribution in [1.29, 1.82) is 0 Å². The predicted octanol–water partition coefficient (Wildman–Crippen LogP) is 1.03. The number of nitrogen functional groups attached to an aromatic ring is 1. The minimum atomic E-state index is -1.38. The number of aromatic nitrogens is 1. The third kappa shape index (κ3) is 3.92. The van der Waals surface area contributed by atoms with Gasteiger partial charge >= 0.3 is 11.9 Å². The van der Waals surface area contributed by atoms with Crippen LogP contribution < -0.4 is 5.73 Å². The summed E-state index contributed by atoms with van der Waals surface area (Å²) in [6.07, 6.45) is -1.28. The maximum Gasteiger partial charge on any atom is 0.360 e. The monoisotopic (exact) mass is 301 g/mol. The third-order valence-corrected chi connectivity index (χ3v) is 2.90. The van der Waals surface area contributed by atoms with Crippen LogP contribution in [-0.4, -0.2) is 39.0 Å². The Labute approximate surface area is 118 Å². The van der Waals surface area contributed by atoms with Gasteiger partial charge in [-0.1, -0.05) is 25.9 Å². The number of hydrogen-bond acceptors (Lipinski definition) is 7. The summed E-state index contributed by atoms with van der Waals surface area (Å²) in [4.78, 5) is 30.9. The molecule has 0 aliphatic carbocycles. The molecule has 0 bridgehead atoms. The molecule has 1 heterocycles. The molecule has 0 aliphatic rings. The molecule has 0 aliphatic heterocycles. The lowest BCUT2D eigenvalue weighted by Crippen LogP contribution is -2.36. The first-order chi connectivity index (χ1) is 9.12. The van der Waals surface area contributed by atoms with E-state index in [-0.39, 0.29) is 10.8 Å². The fourth-order valence-electron chi connectivity index (χ4n) is 1.27. The largest absolute Gasteiger partial charge is 0.478 e. The second kappa shape index (κ2) is 5.87. The highest BCUT2D eigenvalue weighted by Crippen LogP contribution is 2.23. The maximum absolute atomic E-state index is 11.1. The van der Waals surface area contributed by atoms with Gasteiger partial charge in [0.1, 0.15) is 5.69 Å². The Morgan fingerprint density at radius 2 is 2.05 bits per heavy atom.